The summed E-state index contributed by atoms with van der Waals surface area (Å²) in [6, 6.07) is 2.12. The van der Waals surface area contributed by atoms with Gasteiger partial charge in [0.25, 0.3) is 0 Å². The number of ether oxygens (including phenoxy) is 1. The summed E-state index contributed by atoms with van der Waals surface area (Å²) in [5.74, 6) is -1.56. The van der Waals surface area contributed by atoms with Crippen molar-refractivity contribution in [2.45, 2.75) is 26.8 Å². The van der Waals surface area contributed by atoms with Gasteiger partial charge in [-0.25, -0.2) is 9.18 Å². The Kier molecular flexibility index (Phi) is 5.76. The fraction of sp³-hybridized carbons (Fsp3) is 0.500. The maximum atomic E-state index is 13.9. The molecule has 1 unspecified atom stereocenters. The molecule has 1 rings (SSSR count). The van der Waals surface area contributed by atoms with Gasteiger partial charge in [-0.1, -0.05) is 13.8 Å². The van der Waals surface area contributed by atoms with Crippen LogP contribution in [-0.4, -0.2) is 30.3 Å². The van der Waals surface area contributed by atoms with Crippen molar-refractivity contribution in [3.05, 3.63) is 23.5 Å². The quantitative estimate of drug-likeness (QED) is 0.670. The summed E-state index contributed by atoms with van der Waals surface area (Å²) in [6.07, 6.45) is 0. The number of nitrogen functional groups attached to an aromatic ring is 1. The molecular weight excluding hydrogens is 263 g/mol. The van der Waals surface area contributed by atoms with E-state index in [1.807, 2.05) is 20.8 Å². The minimum absolute atomic E-state index is 0.0912. The van der Waals surface area contributed by atoms with Crippen molar-refractivity contribution in [1.29, 1.82) is 0 Å². The fourth-order valence-corrected chi connectivity index (χ4v) is 1.73. The van der Waals surface area contributed by atoms with E-state index < -0.39 is 11.8 Å². The lowest BCUT2D eigenvalue weighted by Crippen LogP contribution is -2.31. The third kappa shape index (κ3) is 4.09. The van der Waals surface area contributed by atoms with Gasteiger partial charge >= 0.3 is 5.97 Å². The van der Waals surface area contributed by atoms with E-state index >= 15 is 0 Å². The van der Waals surface area contributed by atoms with Gasteiger partial charge in [0.05, 0.1) is 23.9 Å². The first-order valence-electron chi connectivity index (χ1n) is 6.53. The van der Waals surface area contributed by atoms with Crippen molar-refractivity contribution < 1.29 is 19.0 Å². The topological polar surface area (TPSA) is 84.6 Å². The Morgan fingerprint density at radius 2 is 2.15 bits per heavy atom. The Balaban J connectivity index is 3.00. The SMILES string of the molecule is CCOCC(Nc1cc(C(=O)O)c(N)cc1F)C(C)C. The van der Waals surface area contributed by atoms with Gasteiger partial charge in [0.2, 0.25) is 0 Å². The average Bonchev–Trinajstić information content (AvgIpc) is 2.35. The zero-order valence-corrected chi connectivity index (χ0v) is 11.9. The standard InChI is InChI=1S/C14H21FN2O3/c1-4-20-7-13(8(2)3)17-12-5-9(14(18)19)11(16)6-10(12)15/h5-6,8,13,17H,4,7,16H2,1-3H3,(H,18,19). The molecule has 5 nitrogen and oxygen atoms in total. The molecule has 0 aliphatic rings. The molecule has 1 atom stereocenters. The molecule has 0 saturated carbocycles. The molecule has 0 radical (unpaired) electrons. The zero-order valence-electron chi connectivity index (χ0n) is 11.9. The summed E-state index contributed by atoms with van der Waals surface area (Å²) in [7, 11) is 0. The first-order chi connectivity index (χ1) is 9.36. The molecule has 20 heavy (non-hydrogen) atoms. The summed E-state index contributed by atoms with van der Waals surface area (Å²) in [5, 5.41) is 12.0. The van der Waals surface area contributed by atoms with Crippen LogP contribution in [0.25, 0.3) is 0 Å². The molecule has 0 amide bonds. The van der Waals surface area contributed by atoms with Crippen molar-refractivity contribution >= 4 is 17.3 Å². The Bertz CT molecular complexity index is 478. The van der Waals surface area contributed by atoms with E-state index in [-0.39, 0.29) is 28.9 Å². The number of nitrogens with one attached hydrogen (secondary N) is 1. The summed E-state index contributed by atoms with van der Waals surface area (Å²) < 4.78 is 19.2. The monoisotopic (exact) mass is 284 g/mol. The number of halogens is 1. The first-order valence-corrected chi connectivity index (χ1v) is 6.53. The summed E-state index contributed by atoms with van der Waals surface area (Å²) in [6.45, 7) is 6.81. The highest BCUT2D eigenvalue weighted by molar-refractivity contribution is 5.94. The van der Waals surface area contributed by atoms with Crippen molar-refractivity contribution in [2.75, 3.05) is 24.3 Å². The van der Waals surface area contributed by atoms with Crippen molar-refractivity contribution in [3.8, 4) is 0 Å². The fourth-order valence-electron chi connectivity index (χ4n) is 1.73. The summed E-state index contributed by atoms with van der Waals surface area (Å²) in [4.78, 5) is 11.0. The van der Waals surface area contributed by atoms with E-state index in [0.717, 1.165) is 6.07 Å². The van der Waals surface area contributed by atoms with E-state index in [4.69, 9.17) is 15.6 Å². The maximum absolute atomic E-state index is 13.9. The number of rotatable bonds is 7. The van der Waals surface area contributed by atoms with E-state index in [9.17, 15) is 9.18 Å². The lowest BCUT2D eigenvalue weighted by atomic mass is 10.0. The second-order valence-corrected chi connectivity index (χ2v) is 4.88. The molecule has 0 saturated heterocycles. The van der Waals surface area contributed by atoms with E-state index in [1.165, 1.54) is 6.07 Å². The smallest absolute Gasteiger partial charge is 0.337 e. The number of carboxylic acids is 1. The van der Waals surface area contributed by atoms with Crippen LogP contribution in [0, 0.1) is 11.7 Å². The lowest BCUT2D eigenvalue weighted by Gasteiger charge is -2.24. The number of carbonyl (C=O) groups is 1. The molecule has 0 heterocycles. The van der Waals surface area contributed by atoms with E-state index in [2.05, 4.69) is 5.32 Å². The molecule has 0 aromatic heterocycles. The molecule has 0 bridgehead atoms. The van der Waals surface area contributed by atoms with Gasteiger partial charge in [0.15, 0.2) is 0 Å². The normalized spacial score (nSPS) is 12.4. The maximum Gasteiger partial charge on any atom is 0.337 e. The van der Waals surface area contributed by atoms with Crippen LogP contribution >= 0.6 is 0 Å². The second kappa shape index (κ2) is 7.09. The Morgan fingerprint density at radius 1 is 1.50 bits per heavy atom. The molecule has 1 aromatic rings. The minimum Gasteiger partial charge on any atom is -0.478 e. The van der Waals surface area contributed by atoms with Crippen molar-refractivity contribution in [2.24, 2.45) is 5.92 Å². The van der Waals surface area contributed by atoms with Gasteiger partial charge in [0, 0.05) is 12.3 Å². The molecule has 0 spiro atoms. The highest BCUT2D eigenvalue weighted by Gasteiger charge is 2.18. The number of carboxylic acid groups (broad SMARTS) is 1. The van der Waals surface area contributed by atoms with Crippen LogP contribution in [0.3, 0.4) is 0 Å². The van der Waals surface area contributed by atoms with E-state index in [0.29, 0.717) is 13.2 Å². The molecular formula is C14H21FN2O3. The summed E-state index contributed by atoms with van der Waals surface area (Å²) >= 11 is 0. The number of benzene rings is 1. The number of anilines is 2. The Hall–Kier alpha value is -1.82. The van der Waals surface area contributed by atoms with E-state index in [1.54, 1.807) is 0 Å². The Labute approximate surface area is 117 Å². The van der Waals surface area contributed by atoms with Crippen LogP contribution in [0.4, 0.5) is 15.8 Å². The van der Waals surface area contributed by atoms with Crippen LogP contribution < -0.4 is 11.1 Å². The Morgan fingerprint density at radius 3 is 2.65 bits per heavy atom. The number of nitrogens with two attached hydrogens (primary N) is 1. The van der Waals surface area contributed by atoms with Gasteiger partial charge in [-0.05, 0) is 25.0 Å². The van der Waals surface area contributed by atoms with Gasteiger partial charge < -0.3 is 20.9 Å². The lowest BCUT2D eigenvalue weighted by molar-refractivity contribution is 0.0698. The second-order valence-electron chi connectivity index (χ2n) is 4.88. The number of hydrogen-bond donors (Lipinski definition) is 3. The molecule has 6 heteroatoms. The third-order valence-corrected chi connectivity index (χ3v) is 3.02. The molecule has 0 fully saturated rings. The highest BCUT2D eigenvalue weighted by atomic mass is 19.1. The molecule has 0 aliphatic heterocycles. The van der Waals surface area contributed by atoms with Crippen LogP contribution in [0.2, 0.25) is 0 Å². The molecule has 0 aliphatic carbocycles. The molecule has 1 aromatic carbocycles. The summed E-state index contributed by atoms with van der Waals surface area (Å²) in [5.41, 5.74) is 5.40. The van der Waals surface area contributed by atoms with Crippen LogP contribution in [0.15, 0.2) is 12.1 Å². The molecule has 112 valence electrons. The van der Waals surface area contributed by atoms with Gasteiger partial charge in [0.1, 0.15) is 5.82 Å². The van der Waals surface area contributed by atoms with Gasteiger partial charge in [-0.15, -0.1) is 0 Å². The highest BCUT2D eigenvalue weighted by Crippen LogP contribution is 2.24. The predicted molar refractivity (Wildman–Crippen MR) is 76.5 cm³/mol. The van der Waals surface area contributed by atoms with Crippen molar-refractivity contribution in [3.63, 3.8) is 0 Å². The largest absolute Gasteiger partial charge is 0.478 e. The minimum atomic E-state index is -1.18. The van der Waals surface area contributed by atoms with Gasteiger partial charge in [-0.2, -0.15) is 0 Å². The van der Waals surface area contributed by atoms with Gasteiger partial charge in [-0.3, -0.25) is 0 Å². The average molecular weight is 284 g/mol. The van der Waals surface area contributed by atoms with Crippen LogP contribution in [0.1, 0.15) is 31.1 Å². The number of hydrogen-bond acceptors (Lipinski definition) is 4. The van der Waals surface area contributed by atoms with Crippen LogP contribution in [-0.2, 0) is 4.74 Å². The van der Waals surface area contributed by atoms with Crippen molar-refractivity contribution in [1.82, 2.24) is 0 Å². The number of aromatic carboxylic acids is 1. The zero-order chi connectivity index (χ0) is 15.3. The first kappa shape index (κ1) is 16.2. The predicted octanol–water partition coefficient (Wildman–Crippen LogP) is 2.58. The third-order valence-electron chi connectivity index (χ3n) is 3.02. The molecule has 4 N–H and O–H groups in total. The van der Waals surface area contributed by atoms with Crippen LogP contribution in [0.5, 0.6) is 0 Å².